The predicted molar refractivity (Wildman–Crippen MR) is 183 cm³/mol. The van der Waals surface area contributed by atoms with Gasteiger partial charge in [-0.3, -0.25) is 23.9 Å². The molecule has 1 saturated heterocycles. The summed E-state index contributed by atoms with van der Waals surface area (Å²) in [5.41, 5.74) is -0.408. The Kier molecular flexibility index (Phi) is 9.48. The standard InChI is InChI=1S/C35H40FN7O8S/c1-19-14-28(41-51-19)30(44)38-26-9-7-5-3-4-6-8-21-17-35(21,34(47)42-52(48,49)24-11-12-24)40-31(45)29-16-23(18-43(29)33(26)46)50-32-20(2)37-25-13-10-22(36)15-27(25)39-32/h6,8,10,13-15,21,23-24,26,29H,3-5,7,9,11-12,16-18H2,1-2H3,(H,38,44)(H,40,45)(H,42,47)/b8-6-/t21?,23-,26+,29+,35-/m1/s1. The summed E-state index contributed by atoms with van der Waals surface area (Å²) in [7, 11) is -3.91. The molecule has 3 aromatic rings. The molecule has 3 N–H and O–H groups in total. The lowest BCUT2D eigenvalue weighted by molar-refractivity contribution is -0.141. The van der Waals surface area contributed by atoms with Crippen molar-refractivity contribution in [2.75, 3.05) is 6.54 Å². The van der Waals surface area contributed by atoms with Crippen LogP contribution < -0.4 is 20.1 Å². The molecule has 276 valence electrons. The fourth-order valence-electron chi connectivity index (χ4n) is 6.92. The molecule has 0 radical (unpaired) electrons. The largest absolute Gasteiger partial charge is 0.471 e. The van der Waals surface area contributed by atoms with Crippen LogP contribution in [-0.2, 0) is 24.4 Å². The van der Waals surface area contributed by atoms with Gasteiger partial charge in [0.05, 0.1) is 22.8 Å². The van der Waals surface area contributed by atoms with E-state index in [4.69, 9.17) is 9.26 Å². The number of rotatable bonds is 7. The zero-order valence-electron chi connectivity index (χ0n) is 28.8. The summed E-state index contributed by atoms with van der Waals surface area (Å²) in [5, 5.41) is 8.72. The summed E-state index contributed by atoms with van der Waals surface area (Å²) in [4.78, 5) is 65.8. The van der Waals surface area contributed by atoms with Gasteiger partial charge in [-0.25, -0.2) is 22.8 Å². The van der Waals surface area contributed by atoms with Crippen LogP contribution in [0.2, 0.25) is 0 Å². The summed E-state index contributed by atoms with van der Waals surface area (Å²) in [6, 6.07) is 3.24. The van der Waals surface area contributed by atoms with Gasteiger partial charge in [0.25, 0.3) is 11.8 Å². The first-order valence-electron chi connectivity index (χ1n) is 17.5. The highest BCUT2D eigenvalue weighted by Gasteiger charge is 2.62. The van der Waals surface area contributed by atoms with Crippen LogP contribution >= 0.6 is 0 Å². The number of hydrogen-bond acceptors (Lipinski definition) is 11. The lowest BCUT2D eigenvalue weighted by atomic mass is 10.0. The number of ether oxygens (including phenoxy) is 1. The van der Waals surface area contributed by atoms with Gasteiger partial charge in [0.2, 0.25) is 27.7 Å². The molecule has 52 heavy (non-hydrogen) atoms. The summed E-state index contributed by atoms with van der Waals surface area (Å²) >= 11 is 0. The summed E-state index contributed by atoms with van der Waals surface area (Å²) in [6.07, 6.45) is 7.05. The van der Waals surface area contributed by atoms with E-state index in [1.807, 2.05) is 12.2 Å². The van der Waals surface area contributed by atoms with Crippen molar-refractivity contribution < 1.29 is 41.2 Å². The average Bonchev–Trinajstić information content (AvgIpc) is 3.98. The normalized spacial score (nSPS) is 27.4. The third-order valence-corrected chi connectivity index (χ3v) is 11.9. The highest BCUT2D eigenvalue weighted by atomic mass is 32.2. The molecular weight excluding hydrogens is 697 g/mol. The van der Waals surface area contributed by atoms with Crippen molar-refractivity contribution in [2.24, 2.45) is 5.92 Å². The number of aryl methyl sites for hydroxylation is 2. The summed E-state index contributed by atoms with van der Waals surface area (Å²) in [5.74, 6) is -3.11. The van der Waals surface area contributed by atoms with Gasteiger partial charge in [0.15, 0.2) is 5.69 Å². The van der Waals surface area contributed by atoms with Crippen LogP contribution in [0.25, 0.3) is 11.0 Å². The van der Waals surface area contributed by atoms with Crippen LogP contribution in [-0.4, -0.2) is 87.6 Å². The molecule has 2 aliphatic carbocycles. The van der Waals surface area contributed by atoms with Gasteiger partial charge >= 0.3 is 0 Å². The SMILES string of the molecule is Cc1cc(C(=O)N[C@H]2CCCCC/C=C\C3C[C@@]3(C(=O)NS(=O)(=O)C3CC3)NC(=O)[C@@H]3C[C@@H](Oc4nc5cc(F)ccc5nc4C)CN3C2=O)no1. The zero-order valence-corrected chi connectivity index (χ0v) is 29.6. The van der Waals surface area contributed by atoms with Crippen LogP contribution in [0.4, 0.5) is 4.39 Å². The lowest BCUT2D eigenvalue weighted by Crippen LogP contribution is -2.58. The predicted octanol–water partition coefficient (Wildman–Crippen LogP) is 2.52. The maximum atomic E-state index is 14.4. The minimum absolute atomic E-state index is 0.000997. The Labute approximate surface area is 299 Å². The molecule has 0 spiro atoms. The highest BCUT2D eigenvalue weighted by molar-refractivity contribution is 7.91. The van der Waals surface area contributed by atoms with Crippen molar-refractivity contribution in [3.05, 3.63) is 59.4 Å². The van der Waals surface area contributed by atoms with Gasteiger partial charge in [-0.05, 0) is 64.5 Å². The van der Waals surface area contributed by atoms with E-state index in [-0.39, 0.29) is 42.9 Å². The quantitative estimate of drug-likeness (QED) is 0.301. The number of hydrogen-bond donors (Lipinski definition) is 3. The Morgan fingerprint density at radius 1 is 1.08 bits per heavy atom. The van der Waals surface area contributed by atoms with Crippen LogP contribution in [0.15, 0.2) is 40.9 Å². The van der Waals surface area contributed by atoms with E-state index in [2.05, 4.69) is 30.5 Å². The number of benzene rings is 1. The van der Waals surface area contributed by atoms with Crippen LogP contribution in [0.1, 0.15) is 79.7 Å². The van der Waals surface area contributed by atoms with Crippen molar-refractivity contribution in [1.82, 2.24) is 35.4 Å². The van der Waals surface area contributed by atoms with Crippen molar-refractivity contribution >= 4 is 44.7 Å². The molecule has 5 atom stereocenters. The minimum Gasteiger partial charge on any atom is -0.471 e. The summed E-state index contributed by atoms with van der Waals surface area (Å²) in [6.45, 7) is 3.22. The van der Waals surface area contributed by atoms with E-state index >= 15 is 0 Å². The fraction of sp³-hybridized carbons (Fsp3) is 0.514. The number of amides is 4. The van der Waals surface area contributed by atoms with Gasteiger partial charge in [0, 0.05) is 24.5 Å². The van der Waals surface area contributed by atoms with Crippen LogP contribution in [0.5, 0.6) is 5.88 Å². The minimum atomic E-state index is -3.91. The number of allylic oxidation sites excluding steroid dienone is 1. The van der Waals surface area contributed by atoms with E-state index in [0.717, 1.165) is 12.8 Å². The molecule has 2 aromatic heterocycles. The Morgan fingerprint density at radius 2 is 1.88 bits per heavy atom. The topological polar surface area (TPSA) is 203 Å². The van der Waals surface area contributed by atoms with Gasteiger partial charge in [-0.2, -0.15) is 0 Å². The van der Waals surface area contributed by atoms with Gasteiger partial charge in [-0.15, -0.1) is 0 Å². The molecule has 4 aliphatic rings. The first-order chi connectivity index (χ1) is 24.8. The Hall–Kier alpha value is -4.93. The number of halogens is 1. The van der Waals surface area contributed by atoms with Crippen molar-refractivity contribution in [3.8, 4) is 5.88 Å². The Morgan fingerprint density at radius 3 is 2.63 bits per heavy atom. The maximum absolute atomic E-state index is 14.4. The zero-order chi connectivity index (χ0) is 36.8. The monoisotopic (exact) mass is 737 g/mol. The maximum Gasteiger partial charge on any atom is 0.274 e. The summed E-state index contributed by atoms with van der Waals surface area (Å²) < 4.78 is 53.1. The number of nitrogens with zero attached hydrogens (tertiary/aromatic N) is 4. The van der Waals surface area contributed by atoms with Gasteiger partial charge in [-0.1, -0.05) is 30.2 Å². The molecule has 3 fully saturated rings. The number of carbonyl (C=O) groups excluding carboxylic acids is 4. The van der Waals surface area contributed by atoms with Gasteiger partial charge < -0.3 is 24.8 Å². The van der Waals surface area contributed by atoms with Crippen LogP contribution in [0.3, 0.4) is 0 Å². The number of nitrogens with one attached hydrogen (secondary N) is 3. The number of sulfonamides is 1. The van der Waals surface area contributed by atoms with Crippen molar-refractivity contribution in [3.63, 3.8) is 0 Å². The van der Waals surface area contributed by atoms with Crippen molar-refractivity contribution in [1.29, 1.82) is 0 Å². The molecule has 2 aliphatic heterocycles. The van der Waals surface area contributed by atoms with E-state index in [9.17, 15) is 32.0 Å². The van der Waals surface area contributed by atoms with E-state index < -0.39 is 74.4 Å². The molecule has 4 heterocycles. The van der Waals surface area contributed by atoms with E-state index in [1.165, 1.54) is 29.2 Å². The molecule has 1 unspecified atom stereocenters. The molecule has 4 amide bonds. The third-order valence-electron chi connectivity index (χ3n) is 10.0. The molecule has 2 saturated carbocycles. The molecule has 17 heteroatoms. The first-order valence-corrected chi connectivity index (χ1v) is 19.1. The van der Waals surface area contributed by atoms with Crippen LogP contribution in [0, 0.1) is 25.6 Å². The first kappa shape index (κ1) is 35.5. The molecule has 15 nitrogen and oxygen atoms in total. The highest BCUT2D eigenvalue weighted by Crippen LogP contribution is 2.46. The van der Waals surface area contributed by atoms with Gasteiger partial charge in [0.1, 0.15) is 41.0 Å². The second kappa shape index (κ2) is 13.9. The molecular formula is C35H40FN7O8S. The fourth-order valence-corrected chi connectivity index (χ4v) is 8.29. The molecule has 7 rings (SSSR count). The van der Waals surface area contributed by atoms with E-state index in [0.29, 0.717) is 42.7 Å². The second-order valence-corrected chi connectivity index (χ2v) is 16.1. The lowest BCUT2D eigenvalue weighted by Gasteiger charge is -2.29. The molecule has 1 aromatic carbocycles. The number of aromatic nitrogens is 3. The third kappa shape index (κ3) is 7.36. The number of fused-ring (bicyclic) bond motifs is 3. The number of carbonyl (C=O) groups is 4. The molecule has 0 bridgehead atoms. The average molecular weight is 738 g/mol. The van der Waals surface area contributed by atoms with Crippen molar-refractivity contribution in [2.45, 2.75) is 101 Å². The smallest absolute Gasteiger partial charge is 0.274 e. The van der Waals surface area contributed by atoms with E-state index in [1.54, 1.807) is 13.8 Å². The Balaban J connectivity index is 1.19. The second-order valence-electron chi connectivity index (χ2n) is 14.1. The Bertz CT molecular complexity index is 2070.